The molecule has 10 amide bonds. The molecule has 80 heavy (non-hydrogen) atoms. The maximum absolute atomic E-state index is 14.4. The third-order valence-electron chi connectivity index (χ3n) is 12.5. The van der Waals surface area contributed by atoms with Crippen LogP contribution in [0.4, 0.5) is 0 Å². The van der Waals surface area contributed by atoms with E-state index in [-0.39, 0.29) is 94.8 Å². The monoisotopic (exact) mass is 1140 g/mol. The molecule has 456 valence electrons. The number of amides is 10. The number of hydrogen-bond acceptors (Lipinski definition) is 15. The Morgan fingerprint density at radius 3 is 1.31 bits per heavy atom. The number of unbranched alkanes of at least 4 members (excludes halogenated alkanes) is 1. The molecule has 0 radical (unpaired) electrons. The van der Waals surface area contributed by atoms with Gasteiger partial charge in [-0.15, -0.1) is 0 Å². The fraction of sp³-hybridized carbons (Fsp3) is 0.740. The van der Waals surface area contributed by atoms with Gasteiger partial charge in [-0.3, -0.25) is 57.9 Å². The number of nitrogens with one attached hydrogen (secondary N) is 8. The van der Waals surface area contributed by atoms with E-state index in [4.69, 9.17) is 45.9 Å². The topological polar surface area (TPSA) is 537 Å². The quantitative estimate of drug-likeness (QED) is 0.0156. The fourth-order valence-corrected chi connectivity index (χ4v) is 7.91. The van der Waals surface area contributed by atoms with E-state index in [1.54, 1.807) is 55.4 Å². The molecule has 30 nitrogen and oxygen atoms in total. The van der Waals surface area contributed by atoms with Gasteiger partial charge < -0.3 is 93.5 Å². The predicted molar refractivity (Wildman–Crippen MR) is 299 cm³/mol. The SMILES string of the molecule is CC[C@H](C)[C@H](NC(=O)[C@H](CCCN=C(N)N)NC(=O)[C@H](CCCCN)NC(=O)[C@H](CCC(N)=O)NC(=O)[C@@H](N)CCCN=C(N)N)C(=O)N[C@@H](CC(C)C)C(=O)N[C@H](C(=O)N[C@@H](CC(N)=O)C(=O)N[C@@H](CC(C)C)C(=O)O)C(C)C. The minimum absolute atomic E-state index is 0.00335. The van der Waals surface area contributed by atoms with Crippen molar-refractivity contribution < 1.29 is 57.8 Å². The zero-order valence-corrected chi connectivity index (χ0v) is 47.8. The first-order valence-electron chi connectivity index (χ1n) is 27.1. The number of nitrogens with two attached hydrogens (primary N) is 8. The zero-order chi connectivity index (χ0) is 61.4. The predicted octanol–water partition coefficient (Wildman–Crippen LogP) is -4.55. The summed E-state index contributed by atoms with van der Waals surface area (Å²) in [4.78, 5) is 155. The molecular weight excluding hydrogens is 1040 g/mol. The first-order valence-corrected chi connectivity index (χ1v) is 27.1. The smallest absolute Gasteiger partial charge is 0.326 e. The van der Waals surface area contributed by atoms with Crippen LogP contribution in [-0.2, 0) is 52.7 Å². The van der Waals surface area contributed by atoms with Crippen LogP contribution in [0.5, 0.6) is 0 Å². The van der Waals surface area contributed by atoms with Gasteiger partial charge in [0.25, 0.3) is 0 Å². The fourth-order valence-electron chi connectivity index (χ4n) is 7.91. The normalized spacial score (nSPS) is 14.9. The Morgan fingerprint density at radius 2 is 0.850 bits per heavy atom. The summed E-state index contributed by atoms with van der Waals surface area (Å²) in [5.41, 5.74) is 44.4. The van der Waals surface area contributed by atoms with Crippen LogP contribution < -0.4 is 88.4 Å². The van der Waals surface area contributed by atoms with Gasteiger partial charge in [0.1, 0.15) is 48.3 Å². The molecule has 0 aliphatic carbocycles. The van der Waals surface area contributed by atoms with Crippen molar-refractivity contribution in [1.82, 2.24) is 42.5 Å². The molecule has 0 unspecified atom stereocenters. The highest BCUT2D eigenvalue weighted by Gasteiger charge is 2.37. The third kappa shape index (κ3) is 30.1. The van der Waals surface area contributed by atoms with Crippen LogP contribution in [0.1, 0.15) is 139 Å². The van der Waals surface area contributed by atoms with Gasteiger partial charge in [0.05, 0.1) is 12.5 Å². The number of guanidine groups is 2. The molecule has 0 heterocycles. The van der Waals surface area contributed by atoms with Gasteiger partial charge >= 0.3 is 5.97 Å². The number of carboxylic acids is 1. The average Bonchev–Trinajstić information content (AvgIpc) is 3.35. The van der Waals surface area contributed by atoms with E-state index in [1.165, 1.54) is 0 Å². The molecular formula is C50H94N18O12. The van der Waals surface area contributed by atoms with Crippen molar-refractivity contribution in [2.45, 2.75) is 193 Å². The van der Waals surface area contributed by atoms with Crippen molar-refractivity contribution in [3.63, 3.8) is 0 Å². The second-order valence-electron chi connectivity index (χ2n) is 21.0. The number of carboxylic acid groups (broad SMARTS) is 1. The standard InChI is InChI=1S/C50H94N18O12/c1-9-28(8)39(47(78)64-33(22-25(2)3)45(76)67-38(27(6)7)46(77)65-34(24-37(54)70)44(75)66-35(48(79)80)23-26(4)5)68-43(74)31(16-13-21-60-50(57)58)63-41(72)30(15-10-11-19-51)62-42(73)32(17-18-36(53)69)61-40(71)29(52)14-12-20-59-49(55)56/h25-35,38-39H,9-24,51-52H2,1-8H3,(H2,53,69)(H2,54,70)(H,61,71)(H,62,73)(H,63,72)(H,64,78)(H,65,77)(H,66,75)(H,67,76)(H,68,74)(H,79,80)(H4,55,56,59)(H4,57,58,60)/t28-,29-,30-,31-,32-,33-,34-,35-,38-,39-/m0/s1. The van der Waals surface area contributed by atoms with E-state index < -0.39 is 138 Å². The largest absolute Gasteiger partial charge is 0.480 e. The third-order valence-corrected chi connectivity index (χ3v) is 12.5. The van der Waals surface area contributed by atoms with Gasteiger partial charge in [0, 0.05) is 19.5 Å². The molecule has 0 saturated heterocycles. The van der Waals surface area contributed by atoms with Crippen LogP contribution in [0.25, 0.3) is 0 Å². The summed E-state index contributed by atoms with van der Waals surface area (Å²) in [6, 6.07) is -12.2. The average molecular weight is 1140 g/mol. The summed E-state index contributed by atoms with van der Waals surface area (Å²) in [7, 11) is 0. The molecule has 25 N–H and O–H groups in total. The minimum Gasteiger partial charge on any atom is -0.480 e. The lowest BCUT2D eigenvalue weighted by atomic mass is 9.95. The molecule has 0 aromatic carbocycles. The van der Waals surface area contributed by atoms with Crippen LogP contribution >= 0.6 is 0 Å². The zero-order valence-electron chi connectivity index (χ0n) is 47.8. The number of aliphatic carboxylic acids is 1. The molecule has 0 aromatic rings. The Kier molecular flexibility index (Phi) is 34.7. The summed E-state index contributed by atoms with van der Waals surface area (Å²) in [6.45, 7) is 14.1. The number of hydrogen-bond donors (Lipinski definition) is 17. The van der Waals surface area contributed by atoms with Crippen LogP contribution in [-0.4, -0.2) is 156 Å². The Balaban J connectivity index is 6.90. The molecule has 0 saturated carbocycles. The first-order chi connectivity index (χ1) is 37.3. The number of aliphatic imine (C=N–C) groups is 2. The lowest BCUT2D eigenvalue weighted by Gasteiger charge is -2.31. The molecule has 0 spiro atoms. The van der Waals surface area contributed by atoms with E-state index in [0.29, 0.717) is 25.7 Å². The van der Waals surface area contributed by atoms with Crippen molar-refractivity contribution in [2.75, 3.05) is 19.6 Å². The van der Waals surface area contributed by atoms with Crippen molar-refractivity contribution in [3.05, 3.63) is 0 Å². The van der Waals surface area contributed by atoms with Gasteiger partial charge in [-0.25, -0.2) is 4.79 Å². The van der Waals surface area contributed by atoms with E-state index in [9.17, 15) is 57.8 Å². The van der Waals surface area contributed by atoms with Crippen molar-refractivity contribution >= 4 is 77.0 Å². The maximum atomic E-state index is 14.4. The molecule has 0 rings (SSSR count). The van der Waals surface area contributed by atoms with Gasteiger partial charge in [-0.2, -0.15) is 0 Å². The minimum atomic E-state index is -1.62. The highest BCUT2D eigenvalue weighted by Crippen LogP contribution is 2.15. The number of rotatable bonds is 41. The lowest BCUT2D eigenvalue weighted by molar-refractivity contribution is -0.143. The summed E-state index contributed by atoms with van der Waals surface area (Å²) in [5.74, 6) is -11.9. The summed E-state index contributed by atoms with van der Waals surface area (Å²) in [6.07, 6.45) is 0.340. The first kappa shape index (κ1) is 72.6. The van der Waals surface area contributed by atoms with E-state index >= 15 is 0 Å². The van der Waals surface area contributed by atoms with E-state index in [0.717, 1.165) is 0 Å². The van der Waals surface area contributed by atoms with Gasteiger partial charge in [-0.1, -0.05) is 61.8 Å². The second kappa shape index (κ2) is 38.3. The van der Waals surface area contributed by atoms with Gasteiger partial charge in [0.15, 0.2) is 11.9 Å². The Hall–Kier alpha value is -7.37. The van der Waals surface area contributed by atoms with Crippen LogP contribution in [0.15, 0.2) is 9.98 Å². The Morgan fingerprint density at radius 1 is 0.450 bits per heavy atom. The summed E-state index contributed by atoms with van der Waals surface area (Å²) >= 11 is 0. The number of carbonyl (C=O) groups is 11. The number of nitrogens with zero attached hydrogens (tertiary/aromatic N) is 2. The lowest BCUT2D eigenvalue weighted by Crippen LogP contribution is -2.62. The van der Waals surface area contributed by atoms with Crippen LogP contribution in [0.3, 0.4) is 0 Å². The molecule has 0 fully saturated rings. The van der Waals surface area contributed by atoms with Crippen molar-refractivity contribution in [2.24, 2.45) is 79.5 Å². The highest BCUT2D eigenvalue weighted by molar-refractivity contribution is 5.99. The summed E-state index contributed by atoms with van der Waals surface area (Å²) < 4.78 is 0. The van der Waals surface area contributed by atoms with Gasteiger partial charge in [0.2, 0.25) is 59.1 Å². The van der Waals surface area contributed by atoms with Crippen molar-refractivity contribution in [1.29, 1.82) is 0 Å². The molecule has 0 aromatic heterocycles. The second-order valence-corrected chi connectivity index (χ2v) is 21.0. The molecule has 30 heteroatoms. The van der Waals surface area contributed by atoms with Gasteiger partial charge in [-0.05, 0) is 94.4 Å². The molecule has 0 aliphatic rings. The molecule has 0 bridgehead atoms. The maximum Gasteiger partial charge on any atom is 0.326 e. The van der Waals surface area contributed by atoms with Crippen molar-refractivity contribution in [3.8, 4) is 0 Å². The Labute approximate surface area is 468 Å². The molecule has 10 atom stereocenters. The molecule has 0 aliphatic heterocycles. The number of carbonyl (C=O) groups excluding carboxylic acids is 10. The van der Waals surface area contributed by atoms with E-state index in [1.807, 2.05) is 0 Å². The van der Waals surface area contributed by atoms with Crippen LogP contribution in [0.2, 0.25) is 0 Å². The van der Waals surface area contributed by atoms with Crippen LogP contribution in [0, 0.1) is 23.7 Å². The Bertz CT molecular complexity index is 2120. The number of primary amides is 2. The van der Waals surface area contributed by atoms with E-state index in [2.05, 4.69) is 52.5 Å². The summed E-state index contributed by atoms with van der Waals surface area (Å²) in [5, 5.41) is 30.3. The highest BCUT2D eigenvalue weighted by atomic mass is 16.4.